The molecule has 2 aliphatic rings. The standard InChI is InChI=1S/C28H31N7O2S/c1-3-35-27(37)25(38-28(35)22(15-30)26(36)31-11-10-29)16-32-19-4-7-24-21(14-19)23(17-33(24)2)18-8-12-34(13-9-18)20-5-6-20/h4,7,14,16-18,20,32H,3,5-6,8-9,11-13H2,1-2H3,(H,31,36)/b25-16-,28-22+. The Labute approximate surface area is 224 Å². The molecule has 1 amide bonds. The minimum absolute atomic E-state index is 0.174. The van der Waals surface area contributed by atoms with Gasteiger partial charge in [0.05, 0.1) is 6.07 Å². The van der Waals surface area contributed by atoms with Crippen molar-refractivity contribution >= 4 is 45.6 Å². The van der Waals surface area contributed by atoms with Crippen LogP contribution in [0.4, 0.5) is 5.69 Å². The molecule has 1 saturated heterocycles. The van der Waals surface area contributed by atoms with E-state index in [0.29, 0.717) is 17.0 Å². The average Bonchev–Trinajstić information content (AvgIpc) is 3.67. The lowest BCUT2D eigenvalue weighted by Gasteiger charge is -2.32. The zero-order chi connectivity index (χ0) is 26.8. The van der Waals surface area contributed by atoms with Gasteiger partial charge in [0.2, 0.25) is 0 Å². The van der Waals surface area contributed by atoms with Crippen LogP contribution >= 0.6 is 11.3 Å². The van der Waals surface area contributed by atoms with Crippen molar-refractivity contribution in [2.75, 3.05) is 25.0 Å². The van der Waals surface area contributed by atoms with E-state index in [0.717, 1.165) is 36.2 Å². The van der Waals surface area contributed by atoms with Crippen LogP contribution in [0.5, 0.6) is 0 Å². The summed E-state index contributed by atoms with van der Waals surface area (Å²) in [7, 11) is 2.08. The Hall–Kier alpha value is -3.86. The molecule has 38 heavy (non-hydrogen) atoms. The maximum absolute atomic E-state index is 13.0. The van der Waals surface area contributed by atoms with E-state index in [-0.39, 0.29) is 22.3 Å². The first-order chi connectivity index (χ1) is 18.4. The number of rotatable bonds is 7. The zero-order valence-electron chi connectivity index (χ0n) is 21.7. The number of amides is 1. The van der Waals surface area contributed by atoms with Crippen molar-refractivity contribution in [3.63, 3.8) is 0 Å². The van der Waals surface area contributed by atoms with Crippen LogP contribution in [0.15, 0.2) is 29.2 Å². The topological polar surface area (TPSA) is 119 Å². The molecule has 1 aromatic carbocycles. The first kappa shape index (κ1) is 25.8. The van der Waals surface area contributed by atoms with Gasteiger partial charge in [0.1, 0.15) is 21.8 Å². The second kappa shape index (κ2) is 10.9. The Kier molecular flexibility index (Phi) is 7.37. The maximum atomic E-state index is 13.0. The van der Waals surface area contributed by atoms with Crippen molar-refractivity contribution in [2.45, 2.75) is 51.1 Å². The average molecular weight is 530 g/mol. The lowest BCUT2D eigenvalue weighted by molar-refractivity contribution is -0.115. The third-order valence-electron chi connectivity index (χ3n) is 7.53. The molecule has 0 bridgehead atoms. The third-order valence-corrected chi connectivity index (χ3v) is 8.66. The Bertz CT molecular complexity index is 1640. The molecule has 0 atom stereocenters. The van der Waals surface area contributed by atoms with Crippen molar-refractivity contribution in [1.29, 1.82) is 10.5 Å². The highest BCUT2D eigenvalue weighted by molar-refractivity contribution is 7.07. The smallest absolute Gasteiger partial charge is 0.270 e. The minimum atomic E-state index is -0.665. The lowest BCUT2D eigenvalue weighted by Crippen LogP contribution is -2.34. The number of nitrogens with one attached hydrogen (secondary N) is 2. The van der Waals surface area contributed by atoms with Gasteiger partial charge in [0, 0.05) is 48.6 Å². The number of nitrogens with zero attached hydrogens (tertiary/aromatic N) is 5. The summed E-state index contributed by atoms with van der Waals surface area (Å²) in [6.45, 7) is 4.22. The van der Waals surface area contributed by atoms with E-state index in [1.807, 2.05) is 18.2 Å². The molecular weight excluding hydrogens is 498 g/mol. The first-order valence-electron chi connectivity index (χ1n) is 13.0. The molecule has 0 unspecified atom stereocenters. The SMILES string of the molecule is CCn1c(=O)/c(=C/Nc2ccc3c(c2)c(C2CCN(C4CC4)CC2)cn3C)s/c1=C(\C#N)C(=O)NCC#N. The van der Waals surface area contributed by atoms with Crippen LogP contribution < -0.4 is 25.4 Å². The van der Waals surface area contributed by atoms with Gasteiger partial charge in [-0.25, -0.2) is 0 Å². The van der Waals surface area contributed by atoms with Crippen LogP contribution in [-0.2, 0) is 18.4 Å². The van der Waals surface area contributed by atoms with Gasteiger partial charge in [0.15, 0.2) is 5.57 Å². The van der Waals surface area contributed by atoms with Gasteiger partial charge in [-0.2, -0.15) is 10.5 Å². The summed E-state index contributed by atoms with van der Waals surface area (Å²) in [5.41, 5.74) is 2.98. The summed E-state index contributed by atoms with van der Waals surface area (Å²) >= 11 is 1.09. The molecule has 1 aliphatic carbocycles. The predicted molar refractivity (Wildman–Crippen MR) is 149 cm³/mol. The fraction of sp³-hybridized carbons (Fsp3) is 0.429. The highest BCUT2D eigenvalue weighted by Crippen LogP contribution is 2.38. The second-order valence-electron chi connectivity index (χ2n) is 9.91. The normalized spacial score (nSPS) is 17.7. The summed E-state index contributed by atoms with van der Waals surface area (Å²) in [6, 6.07) is 10.8. The van der Waals surface area contributed by atoms with Crippen molar-refractivity contribution < 1.29 is 4.79 Å². The second-order valence-corrected chi connectivity index (χ2v) is 10.9. The van der Waals surface area contributed by atoms with Gasteiger partial charge >= 0.3 is 0 Å². The maximum Gasteiger partial charge on any atom is 0.270 e. The van der Waals surface area contributed by atoms with E-state index in [9.17, 15) is 14.9 Å². The van der Waals surface area contributed by atoms with Crippen LogP contribution in [-0.4, -0.2) is 45.6 Å². The zero-order valence-corrected chi connectivity index (χ0v) is 22.5. The molecule has 2 N–H and O–H groups in total. The fourth-order valence-corrected chi connectivity index (χ4v) is 6.48. The molecule has 5 rings (SSSR count). The fourth-order valence-electron chi connectivity index (χ4n) is 5.40. The summed E-state index contributed by atoms with van der Waals surface area (Å²) in [5.74, 6) is -0.126. The molecule has 2 aromatic heterocycles. The molecule has 2 fully saturated rings. The Morgan fingerprint density at radius 3 is 2.63 bits per heavy atom. The Balaban J connectivity index is 1.45. The summed E-state index contributed by atoms with van der Waals surface area (Å²) < 4.78 is 4.27. The summed E-state index contributed by atoms with van der Waals surface area (Å²) in [5, 5.41) is 25.2. The summed E-state index contributed by atoms with van der Waals surface area (Å²) in [4.78, 5) is 28.1. The highest BCUT2D eigenvalue weighted by Gasteiger charge is 2.32. The van der Waals surface area contributed by atoms with E-state index >= 15 is 0 Å². The molecule has 0 spiro atoms. The first-order valence-corrected chi connectivity index (χ1v) is 13.9. The molecule has 0 radical (unpaired) electrons. The lowest BCUT2D eigenvalue weighted by atomic mass is 9.89. The number of piperidine rings is 1. The number of fused-ring (bicyclic) bond motifs is 1. The number of likely N-dealkylation sites (tertiary alicyclic amines) is 1. The van der Waals surface area contributed by atoms with E-state index in [1.165, 1.54) is 46.7 Å². The van der Waals surface area contributed by atoms with Crippen LogP contribution in [0.25, 0.3) is 22.7 Å². The Morgan fingerprint density at radius 1 is 1.21 bits per heavy atom. The third kappa shape index (κ3) is 4.98. The van der Waals surface area contributed by atoms with E-state index in [1.54, 1.807) is 13.1 Å². The molecule has 9 nitrogen and oxygen atoms in total. The number of hydrogen-bond donors (Lipinski definition) is 2. The number of hydrogen-bond acceptors (Lipinski definition) is 7. The van der Waals surface area contributed by atoms with Crippen LogP contribution in [0.3, 0.4) is 0 Å². The van der Waals surface area contributed by atoms with E-state index in [2.05, 4.69) is 45.5 Å². The summed E-state index contributed by atoms with van der Waals surface area (Å²) in [6.07, 6.45) is 8.95. The van der Waals surface area contributed by atoms with Gasteiger partial charge in [-0.05, 0) is 75.4 Å². The number of carbonyl (C=O) groups excluding carboxylic acids is 1. The number of aromatic nitrogens is 2. The van der Waals surface area contributed by atoms with Crippen molar-refractivity contribution in [3.05, 3.63) is 49.5 Å². The predicted octanol–water partition coefficient (Wildman–Crippen LogP) is 1.93. The number of anilines is 1. The molecule has 196 valence electrons. The molecule has 3 aromatic rings. The molecule has 1 saturated carbocycles. The van der Waals surface area contributed by atoms with Crippen LogP contribution in [0, 0.1) is 22.7 Å². The minimum Gasteiger partial charge on any atom is -0.360 e. The van der Waals surface area contributed by atoms with Gasteiger partial charge < -0.3 is 20.1 Å². The van der Waals surface area contributed by atoms with Gasteiger partial charge in [-0.1, -0.05) is 0 Å². The number of carbonyl (C=O) groups is 1. The number of benzene rings is 1. The van der Waals surface area contributed by atoms with Gasteiger partial charge in [-0.3, -0.25) is 14.2 Å². The van der Waals surface area contributed by atoms with Gasteiger partial charge in [0.25, 0.3) is 11.5 Å². The van der Waals surface area contributed by atoms with Crippen molar-refractivity contribution in [1.82, 2.24) is 19.4 Å². The molecule has 3 heterocycles. The van der Waals surface area contributed by atoms with Gasteiger partial charge in [-0.15, -0.1) is 11.3 Å². The molecule has 10 heteroatoms. The molecule has 1 aliphatic heterocycles. The van der Waals surface area contributed by atoms with Crippen LogP contribution in [0.1, 0.15) is 44.1 Å². The molecular formula is C28H31N7O2S. The quantitative estimate of drug-likeness (QED) is 0.452. The van der Waals surface area contributed by atoms with Crippen molar-refractivity contribution in [2.24, 2.45) is 7.05 Å². The van der Waals surface area contributed by atoms with E-state index < -0.39 is 5.91 Å². The number of thiazole rings is 1. The monoisotopic (exact) mass is 529 g/mol. The van der Waals surface area contributed by atoms with E-state index in [4.69, 9.17) is 5.26 Å². The highest BCUT2D eigenvalue weighted by atomic mass is 32.1. The number of aryl methyl sites for hydroxylation is 1. The van der Waals surface area contributed by atoms with Crippen molar-refractivity contribution in [3.8, 4) is 12.1 Å². The number of nitriles is 2. The largest absolute Gasteiger partial charge is 0.360 e. The Morgan fingerprint density at radius 2 is 1.97 bits per heavy atom. The van der Waals surface area contributed by atoms with Crippen LogP contribution in [0.2, 0.25) is 0 Å².